The van der Waals surface area contributed by atoms with Crippen LogP contribution in [-0.2, 0) is 14.4 Å². The minimum Gasteiger partial charge on any atom is -0.477 e. The van der Waals surface area contributed by atoms with Gasteiger partial charge in [0.25, 0.3) is 11.8 Å². The van der Waals surface area contributed by atoms with E-state index in [-0.39, 0.29) is 22.2 Å². The first-order chi connectivity index (χ1) is 12.9. The van der Waals surface area contributed by atoms with Crippen LogP contribution in [0.2, 0.25) is 0 Å². The van der Waals surface area contributed by atoms with Crippen molar-refractivity contribution in [2.75, 3.05) is 11.5 Å². The topological polar surface area (TPSA) is 158 Å². The van der Waals surface area contributed by atoms with Gasteiger partial charge >= 0.3 is 5.97 Å². The van der Waals surface area contributed by atoms with Crippen LogP contribution in [0.3, 0.4) is 0 Å². The third kappa shape index (κ3) is 3.28. The van der Waals surface area contributed by atoms with E-state index in [0.29, 0.717) is 11.3 Å². The van der Waals surface area contributed by atoms with Gasteiger partial charge in [0.1, 0.15) is 22.8 Å². The van der Waals surface area contributed by atoms with Crippen LogP contribution in [0, 0.1) is 0 Å². The lowest BCUT2D eigenvalue weighted by atomic mass is 10.0. The molecular formula is C15H15N5O5S2. The van der Waals surface area contributed by atoms with Gasteiger partial charge in [-0.15, -0.1) is 23.1 Å². The highest BCUT2D eigenvalue weighted by molar-refractivity contribution is 8.00. The summed E-state index contributed by atoms with van der Waals surface area (Å²) in [5.74, 6) is -2.17. The first-order valence-corrected chi connectivity index (χ1v) is 9.60. The van der Waals surface area contributed by atoms with Crippen molar-refractivity contribution in [2.45, 2.75) is 18.3 Å². The maximum atomic E-state index is 12.5. The Balaban J connectivity index is 1.79. The molecule has 0 aliphatic carbocycles. The molecule has 3 heterocycles. The number of thiazole rings is 1. The molecule has 1 aromatic rings. The van der Waals surface area contributed by atoms with Gasteiger partial charge in [-0.25, -0.2) is 9.78 Å². The van der Waals surface area contributed by atoms with Crippen LogP contribution in [0.1, 0.15) is 12.6 Å². The maximum absolute atomic E-state index is 12.5. The van der Waals surface area contributed by atoms with Crippen molar-refractivity contribution >= 4 is 51.7 Å². The number of carbonyl (C=O) groups excluding carboxylic acids is 2. The molecule has 0 saturated carbocycles. The van der Waals surface area contributed by atoms with Crippen molar-refractivity contribution < 1.29 is 24.7 Å². The molecule has 1 fully saturated rings. The Morgan fingerprint density at radius 3 is 2.81 bits per heavy atom. The second kappa shape index (κ2) is 7.40. The normalized spacial score (nSPS) is 22.6. The maximum Gasteiger partial charge on any atom is 0.352 e. The largest absolute Gasteiger partial charge is 0.477 e. The minimum absolute atomic E-state index is 0.0823. The Bertz CT molecular complexity index is 906. The van der Waals surface area contributed by atoms with E-state index < -0.39 is 29.2 Å². The van der Waals surface area contributed by atoms with Gasteiger partial charge in [0.15, 0.2) is 10.8 Å². The van der Waals surface area contributed by atoms with Crippen molar-refractivity contribution in [1.82, 2.24) is 15.2 Å². The minimum atomic E-state index is -1.21. The summed E-state index contributed by atoms with van der Waals surface area (Å²) in [6, 6.07) is -0.934. The number of hydrogen-bond donors (Lipinski definition) is 4. The number of hydrogen-bond acceptors (Lipinski definition) is 9. The molecule has 1 unspecified atom stereocenters. The van der Waals surface area contributed by atoms with Crippen molar-refractivity contribution in [3.8, 4) is 0 Å². The smallest absolute Gasteiger partial charge is 0.352 e. The molecular weight excluding hydrogens is 394 g/mol. The zero-order valence-electron chi connectivity index (χ0n) is 13.9. The molecule has 0 bridgehead atoms. The molecule has 12 heteroatoms. The van der Waals surface area contributed by atoms with Gasteiger partial charge in [0.05, 0.1) is 0 Å². The number of nitrogen functional groups attached to an aromatic ring is 1. The van der Waals surface area contributed by atoms with Gasteiger partial charge in [-0.3, -0.25) is 14.5 Å². The SMILES string of the molecule is C/C=C\C1=C(C(=O)O)N2C(=O)C(NC(=O)/C(=N\O)c3csc(N)n3)[C@@H]2SC1. The molecule has 5 N–H and O–H groups in total. The van der Waals surface area contributed by atoms with Gasteiger partial charge in [-0.05, 0) is 12.5 Å². The Morgan fingerprint density at radius 1 is 1.52 bits per heavy atom. The molecule has 0 spiro atoms. The molecule has 142 valence electrons. The molecule has 0 radical (unpaired) electrons. The van der Waals surface area contributed by atoms with Crippen LogP contribution in [0.15, 0.2) is 34.0 Å². The second-order valence-electron chi connectivity index (χ2n) is 5.56. The summed E-state index contributed by atoms with van der Waals surface area (Å²) in [7, 11) is 0. The summed E-state index contributed by atoms with van der Waals surface area (Å²) >= 11 is 2.41. The summed E-state index contributed by atoms with van der Waals surface area (Å²) in [6.45, 7) is 1.76. The number of aliphatic carboxylic acids is 1. The summed E-state index contributed by atoms with van der Waals surface area (Å²) in [6.07, 6.45) is 3.35. The number of fused-ring (bicyclic) bond motifs is 1. The van der Waals surface area contributed by atoms with Gasteiger partial charge < -0.3 is 21.4 Å². The van der Waals surface area contributed by atoms with E-state index in [1.807, 2.05) is 0 Å². The van der Waals surface area contributed by atoms with Crippen LogP contribution < -0.4 is 11.1 Å². The van der Waals surface area contributed by atoms with E-state index in [1.54, 1.807) is 19.1 Å². The fourth-order valence-electron chi connectivity index (χ4n) is 2.79. The van der Waals surface area contributed by atoms with Gasteiger partial charge in [0.2, 0.25) is 0 Å². The molecule has 3 rings (SSSR count). The summed E-state index contributed by atoms with van der Waals surface area (Å²) < 4.78 is 0. The Kier molecular flexibility index (Phi) is 5.19. The number of carboxylic acids is 1. The average Bonchev–Trinajstić information content (AvgIpc) is 3.05. The summed E-state index contributed by atoms with van der Waals surface area (Å²) in [5, 5.41) is 25.1. The first kappa shape index (κ1) is 18.9. The van der Waals surface area contributed by atoms with E-state index in [1.165, 1.54) is 17.1 Å². The third-order valence-corrected chi connectivity index (χ3v) is 5.91. The third-order valence-electron chi connectivity index (χ3n) is 3.93. The summed E-state index contributed by atoms with van der Waals surface area (Å²) in [4.78, 5) is 41.5. The van der Waals surface area contributed by atoms with E-state index in [0.717, 1.165) is 16.2 Å². The van der Waals surface area contributed by atoms with Gasteiger partial charge in [0, 0.05) is 11.1 Å². The quantitative estimate of drug-likeness (QED) is 0.233. The van der Waals surface area contributed by atoms with Crippen LogP contribution >= 0.6 is 23.1 Å². The standard InChI is InChI=1S/C15H15N5O5S2/c1-2-3-6-4-26-13-9(12(22)20(13)10(6)14(23)24)18-11(21)8(19-25)7-5-27-15(16)17-7/h2-3,5,9,13,25H,4H2,1H3,(H2,16,17)(H,18,21)(H,23,24)/b3-2-,19-8-/t9?,13-/m0/s1. The lowest BCUT2D eigenvalue weighted by molar-refractivity contribution is -0.150. The molecule has 2 atom stereocenters. The highest BCUT2D eigenvalue weighted by Crippen LogP contribution is 2.40. The monoisotopic (exact) mass is 409 g/mol. The number of allylic oxidation sites excluding steroid dienone is 2. The van der Waals surface area contributed by atoms with Gasteiger partial charge in [-0.2, -0.15) is 0 Å². The van der Waals surface area contributed by atoms with E-state index in [9.17, 15) is 19.5 Å². The molecule has 10 nitrogen and oxygen atoms in total. The molecule has 2 amide bonds. The molecule has 1 saturated heterocycles. The Labute approximate surface area is 161 Å². The van der Waals surface area contributed by atoms with E-state index in [4.69, 9.17) is 10.9 Å². The highest BCUT2D eigenvalue weighted by Gasteiger charge is 2.54. The number of nitrogens with zero attached hydrogens (tertiary/aromatic N) is 3. The number of carbonyl (C=O) groups is 3. The van der Waals surface area contributed by atoms with Crippen molar-refractivity contribution in [2.24, 2.45) is 5.16 Å². The van der Waals surface area contributed by atoms with Crippen LogP contribution in [-0.4, -0.2) is 60.9 Å². The fourth-order valence-corrected chi connectivity index (χ4v) is 4.66. The van der Waals surface area contributed by atoms with E-state index in [2.05, 4.69) is 15.5 Å². The number of β-lactam (4-membered cyclic amide) rings is 1. The van der Waals surface area contributed by atoms with Crippen LogP contribution in [0.5, 0.6) is 0 Å². The average molecular weight is 409 g/mol. The zero-order valence-corrected chi connectivity index (χ0v) is 15.6. The lowest BCUT2D eigenvalue weighted by Crippen LogP contribution is -2.71. The van der Waals surface area contributed by atoms with Crippen molar-refractivity contribution in [3.05, 3.63) is 34.5 Å². The predicted molar refractivity (Wildman–Crippen MR) is 99.3 cm³/mol. The second-order valence-corrected chi connectivity index (χ2v) is 7.55. The Hall–Kier alpha value is -2.86. The van der Waals surface area contributed by atoms with Crippen LogP contribution in [0.25, 0.3) is 0 Å². The molecule has 27 heavy (non-hydrogen) atoms. The molecule has 1 aromatic heterocycles. The lowest BCUT2D eigenvalue weighted by Gasteiger charge is -2.49. The zero-order chi connectivity index (χ0) is 19.7. The number of anilines is 1. The van der Waals surface area contributed by atoms with Crippen LogP contribution in [0.4, 0.5) is 5.13 Å². The number of nitrogens with one attached hydrogen (secondary N) is 1. The number of nitrogens with two attached hydrogens (primary N) is 1. The van der Waals surface area contributed by atoms with Crippen molar-refractivity contribution in [3.63, 3.8) is 0 Å². The summed E-state index contributed by atoms with van der Waals surface area (Å²) in [5.41, 5.74) is 5.66. The van der Waals surface area contributed by atoms with Crippen molar-refractivity contribution in [1.29, 1.82) is 0 Å². The van der Waals surface area contributed by atoms with E-state index >= 15 is 0 Å². The predicted octanol–water partition coefficient (Wildman–Crippen LogP) is 0.218. The molecule has 2 aliphatic heterocycles. The highest BCUT2D eigenvalue weighted by atomic mass is 32.2. The molecule has 2 aliphatic rings. The Morgan fingerprint density at radius 2 is 2.26 bits per heavy atom. The van der Waals surface area contributed by atoms with Gasteiger partial charge in [-0.1, -0.05) is 17.3 Å². The number of thioether (sulfide) groups is 1. The molecule has 0 aromatic carbocycles. The fraction of sp³-hybridized carbons (Fsp3) is 0.267. The number of carboxylic acid groups (broad SMARTS) is 1. The number of rotatable bonds is 5. The number of aromatic nitrogens is 1. The number of amides is 2. The first-order valence-electron chi connectivity index (χ1n) is 7.67. The number of oxime groups is 1.